The molecule has 2 amide bonds. The summed E-state index contributed by atoms with van der Waals surface area (Å²) in [7, 11) is 1.79. The van der Waals surface area contributed by atoms with E-state index in [4.69, 9.17) is 57.9 Å². The van der Waals surface area contributed by atoms with Crippen LogP contribution in [0.1, 0.15) is 44.8 Å². The van der Waals surface area contributed by atoms with Crippen LogP contribution >= 0.6 is 46.4 Å². The van der Waals surface area contributed by atoms with Gasteiger partial charge in [0.15, 0.2) is 0 Å². The molecule has 9 rings (SSSR count). The number of amides is 2. The van der Waals surface area contributed by atoms with E-state index in [9.17, 15) is 35.9 Å². The molecule has 9 N–H and O–H groups in total. The van der Waals surface area contributed by atoms with E-state index in [0.29, 0.717) is 66.1 Å². The van der Waals surface area contributed by atoms with E-state index in [1.807, 2.05) is 23.6 Å². The maximum Gasteiger partial charge on any atom is 0.573 e. The summed E-state index contributed by atoms with van der Waals surface area (Å²) in [6, 6.07) is 30.8. The third-order valence-electron chi connectivity index (χ3n) is 10.5. The second-order valence-corrected chi connectivity index (χ2v) is 17.5. The van der Waals surface area contributed by atoms with Crippen LogP contribution in [0.2, 0.25) is 20.1 Å². The molecule has 0 aliphatic heterocycles. The van der Waals surface area contributed by atoms with Crippen LogP contribution in [-0.2, 0) is 13.6 Å². The number of tetrazole rings is 2. The highest BCUT2D eigenvalue weighted by atomic mass is 35.5. The summed E-state index contributed by atoms with van der Waals surface area (Å²) in [6.45, 7) is 2.30. The number of hydrogen-bond acceptors (Lipinski definition) is 14. The molecular weight excluding hydrogens is 1110 g/mol. The molecule has 400 valence electrons. The van der Waals surface area contributed by atoms with Gasteiger partial charge < -0.3 is 35.4 Å². The van der Waals surface area contributed by atoms with Crippen molar-refractivity contribution in [2.45, 2.75) is 32.2 Å². The fraction of sp³-hybridized carbons (Fsp3) is 0.128. The van der Waals surface area contributed by atoms with Crippen LogP contribution in [0.3, 0.4) is 0 Å². The molecule has 0 radical (unpaired) electrons. The Balaban J connectivity index is 0.000000194. The molecule has 0 spiro atoms. The number of aromatic nitrogens is 10. The lowest BCUT2D eigenvalue weighted by Crippen LogP contribution is -2.24. The molecular formula is C47H38Cl4F6N16O4. The van der Waals surface area contributed by atoms with Gasteiger partial charge in [0.05, 0.1) is 54.7 Å². The number of halogens is 10. The molecule has 30 heteroatoms. The van der Waals surface area contributed by atoms with Gasteiger partial charge in [0.2, 0.25) is 5.62 Å². The zero-order chi connectivity index (χ0) is 55.6. The quantitative estimate of drug-likeness (QED) is 0.0443. The van der Waals surface area contributed by atoms with Gasteiger partial charge in [0.25, 0.3) is 23.7 Å². The first-order valence-corrected chi connectivity index (χ1v) is 23.4. The van der Waals surface area contributed by atoms with Crippen molar-refractivity contribution < 1.29 is 45.4 Å². The van der Waals surface area contributed by atoms with Crippen LogP contribution in [0.4, 0.5) is 61.0 Å². The van der Waals surface area contributed by atoms with Gasteiger partial charge >= 0.3 is 12.7 Å². The Bertz CT molecular complexity index is 3530. The Morgan fingerprint density at radius 3 is 1.62 bits per heavy atom. The first kappa shape index (κ1) is 56.1. The second-order valence-electron chi connectivity index (χ2n) is 15.9. The van der Waals surface area contributed by atoms with Gasteiger partial charge in [-0.3, -0.25) is 20.2 Å². The summed E-state index contributed by atoms with van der Waals surface area (Å²) in [5, 5.41) is 35.9. The summed E-state index contributed by atoms with van der Waals surface area (Å²) >= 11 is 24.6. The lowest BCUT2D eigenvalue weighted by atomic mass is 10.1. The Labute approximate surface area is 450 Å². The number of carbonyl (C=O) groups is 2. The highest BCUT2D eigenvalue weighted by Gasteiger charge is 2.32. The maximum atomic E-state index is 12.5. The summed E-state index contributed by atoms with van der Waals surface area (Å²) in [5.41, 5.74) is 17.8. The Hall–Kier alpha value is -8.59. The first-order valence-electron chi connectivity index (χ1n) is 21.8. The number of carbonyl (C=O) groups excluding carboxylic acids is 2. The van der Waals surface area contributed by atoms with Crippen LogP contribution < -0.4 is 42.5 Å². The number of nitrogens with two attached hydrogens (primary N) is 2. The molecule has 1 unspecified atom stereocenters. The molecule has 0 aliphatic carbocycles. The van der Waals surface area contributed by atoms with Crippen molar-refractivity contribution in [3.05, 3.63) is 169 Å². The molecule has 0 fully saturated rings. The normalized spacial score (nSPS) is 11.9. The maximum absolute atomic E-state index is 12.5. The Morgan fingerprint density at radius 2 is 1.13 bits per heavy atom. The molecule has 6 aromatic carbocycles. The average Bonchev–Trinajstić information content (AvgIpc) is 4.15. The van der Waals surface area contributed by atoms with E-state index in [2.05, 4.69) is 71.7 Å². The number of hydrogen-bond donors (Lipinski definition) is 7. The van der Waals surface area contributed by atoms with Gasteiger partial charge in [-0.25, -0.2) is 4.99 Å². The fourth-order valence-corrected chi connectivity index (χ4v) is 7.51. The summed E-state index contributed by atoms with van der Waals surface area (Å²) in [5.74, 6) is -1.19. The number of H-pyrrole nitrogens is 2. The van der Waals surface area contributed by atoms with E-state index < -0.39 is 18.6 Å². The minimum atomic E-state index is -4.79. The minimum absolute atomic E-state index is 0.0511. The lowest BCUT2D eigenvalue weighted by molar-refractivity contribution is -0.275. The Morgan fingerprint density at radius 1 is 0.662 bits per heavy atom. The number of nitrogens with one attached hydrogen (secondary N) is 5. The lowest BCUT2D eigenvalue weighted by Gasteiger charge is -2.18. The number of aromatic amines is 2. The fourth-order valence-electron chi connectivity index (χ4n) is 6.85. The highest BCUT2D eigenvalue weighted by molar-refractivity contribution is 6.43. The highest BCUT2D eigenvalue weighted by Crippen LogP contribution is 2.34. The van der Waals surface area contributed by atoms with E-state index in [0.717, 1.165) is 34.3 Å². The average molecular weight is 1150 g/mol. The van der Waals surface area contributed by atoms with Crippen LogP contribution in [0, 0.1) is 0 Å². The number of nitrogens with zero attached hydrogens (tertiary/aromatic N) is 9. The number of nitrogen functional groups attached to an aromatic ring is 2. The van der Waals surface area contributed by atoms with E-state index in [-0.39, 0.29) is 35.3 Å². The van der Waals surface area contributed by atoms with Gasteiger partial charge in [-0.2, -0.15) is 10.4 Å². The number of anilines is 5. The first-order chi connectivity index (χ1) is 36.5. The van der Waals surface area contributed by atoms with Crippen LogP contribution in [-0.4, -0.2) is 74.9 Å². The summed E-state index contributed by atoms with van der Waals surface area (Å²) in [6.07, 6.45) is -9.44. The predicted octanol–water partition coefficient (Wildman–Crippen LogP) is 10.9. The van der Waals surface area contributed by atoms with Gasteiger partial charge in [0, 0.05) is 29.9 Å². The van der Waals surface area contributed by atoms with Crippen molar-refractivity contribution >= 4 is 104 Å². The van der Waals surface area contributed by atoms with E-state index >= 15 is 0 Å². The molecule has 77 heavy (non-hydrogen) atoms. The molecule has 0 saturated carbocycles. The van der Waals surface area contributed by atoms with Gasteiger partial charge in [-0.05, 0) is 126 Å². The number of imidazole rings is 1. The number of benzene rings is 6. The number of aryl methyl sites for hydroxylation is 1. The standard InChI is InChI=1S/C24H17Cl2F3N8O2.C16H15Cl2N7O.C7H6F3NO/c1-36-19-10-17(25)18(26)11-20(19)37(23(36)30-15-6-8-16(9-7-15)39-24(27,28)29)12-13-2-4-14(5-3-13)21(38)31-22-32-34-35-33-22;1-8(20-14-7-12(18)11(17)6-13(14)19)9-2-4-10(5-3-9)15(26)21-16-22-24-25-23-16;8-7(9,10)12-6-3-1-5(11)2-4-6/h2-11H,12H2,1H3,(H2,31,32,33,34,35,38);2-8,20H,19H2,1H3,(H2,21,22,23,24,25,26);1-4H,11H2. The molecule has 0 aliphatic rings. The van der Waals surface area contributed by atoms with Crippen molar-refractivity contribution in [2.75, 3.05) is 27.4 Å². The largest absolute Gasteiger partial charge is 0.573 e. The second kappa shape index (κ2) is 24.4. The Kier molecular flexibility index (Phi) is 17.8. The zero-order valence-corrected chi connectivity index (χ0v) is 42.4. The predicted molar refractivity (Wildman–Crippen MR) is 276 cm³/mol. The smallest absolute Gasteiger partial charge is 0.406 e. The van der Waals surface area contributed by atoms with Crippen molar-refractivity contribution in [3.8, 4) is 11.5 Å². The molecule has 0 bridgehead atoms. The van der Waals surface area contributed by atoms with Crippen molar-refractivity contribution in [3.63, 3.8) is 0 Å². The number of fused-ring (bicyclic) bond motifs is 1. The summed E-state index contributed by atoms with van der Waals surface area (Å²) < 4.78 is 83.6. The molecule has 20 nitrogen and oxygen atoms in total. The van der Waals surface area contributed by atoms with Crippen molar-refractivity contribution in [1.82, 2.24) is 50.4 Å². The van der Waals surface area contributed by atoms with Gasteiger partial charge in [-0.1, -0.05) is 80.9 Å². The van der Waals surface area contributed by atoms with E-state index in [1.165, 1.54) is 36.4 Å². The third-order valence-corrected chi connectivity index (χ3v) is 11.9. The third kappa shape index (κ3) is 15.7. The number of alkyl halides is 6. The molecule has 3 heterocycles. The molecule has 1 atom stereocenters. The number of rotatable bonds is 12. The monoisotopic (exact) mass is 1140 g/mol. The van der Waals surface area contributed by atoms with Gasteiger partial charge in [0.1, 0.15) is 11.5 Å². The topological polar surface area (TPSA) is 272 Å². The molecule has 3 aromatic heterocycles. The minimum Gasteiger partial charge on any atom is -0.406 e. The van der Waals surface area contributed by atoms with Crippen LogP contribution in [0.15, 0.2) is 126 Å². The van der Waals surface area contributed by atoms with Crippen LogP contribution in [0.5, 0.6) is 11.5 Å². The van der Waals surface area contributed by atoms with Crippen LogP contribution in [0.25, 0.3) is 11.0 Å². The van der Waals surface area contributed by atoms with Crippen molar-refractivity contribution in [1.29, 1.82) is 0 Å². The van der Waals surface area contributed by atoms with Gasteiger partial charge in [-0.15, -0.1) is 36.5 Å². The summed E-state index contributed by atoms with van der Waals surface area (Å²) in [4.78, 5) is 29.2. The van der Waals surface area contributed by atoms with E-state index in [1.54, 1.807) is 72.3 Å². The van der Waals surface area contributed by atoms with Crippen molar-refractivity contribution in [2.24, 2.45) is 12.0 Å². The SMILES string of the molecule is CC(Nc1cc(Cl)c(Cl)cc1N)c1ccc(C(=O)Nc2nn[nH]n2)cc1.Cn1c(=Nc2ccc(OC(F)(F)F)cc2)n(Cc2ccc(C(=O)Nc3nn[nH]n3)cc2)c2cc(Cl)c(Cl)cc21.Nc1ccc(OC(F)(F)F)cc1. The molecule has 0 saturated heterocycles. The molecule has 9 aromatic rings. The number of ether oxygens (including phenoxy) is 2. The zero-order valence-electron chi connectivity index (χ0n) is 39.4.